The summed E-state index contributed by atoms with van der Waals surface area (Å²) in [7, 11) is 1.05. The molecule has 9 heteroatoms. The molecule has 0 aliphatic rings. The minimum atomic E-state index is -2.24. The van der Waals surface area contributed by atoms with E-state index >= 15 is 0 Å². The number of aliphatic carboxylic acids is 1. The zero-order chi connectivity index (χ0) is 21.5. The first-order chi connectivity index (χ1) is 12.9. The molecule has 4 N–H and O–H groups in total. The minimum absolute atomic E-state index is 0.286. The van der Waals surface area contributed by atoms with Gasteiger partial charge in [0.1, 0.15) is 5.60 Å². The summed E-state index contributed by atoms with van der Waals surface area (Å²) >= 11 is 0. The third kappa shape index (κ3) is 6.34. The van der Waals surface area contributed by atoms with Crippen LogP contribution in [-0.4, -0.2) is 53.2 Å². The van der Waals surface area contributed by atoms with E-state index in [1.165, 1.54) is 0 Å². The van der Waals surface area contributed by atoms with Gasteiger partial charge in [-0.15, -0.1) is 0 Å². The molecular weight excluding hydrogens is 368 g/mol. The number of hydrogen-bond acceptors (Lipinski definition) is 7. The maximum atomic E-state index is 13.0. The number of Topliss-reactive ketones (excluding diaryl/α,β-unsaturated/α-hetero) is 1. The topological polar surface area (TPSA) is 145 Å². The summed E-state index contributed by atoms with van der Waals surface area (Å²) in [5.41, 5.74) is 3.11. The smallest absolute Gasteiger partial charge is 0.408 e. The van der Waals surface area contributed by atoms with Crippen LogP contribution in [0.15, 0.2) is 30.3 Å². The minimum Gasteiger partial charge on any atom is -0.481 e. The van der Waals surface area contributed by atoms with E-state index in [4.69, 9.17) is 20.3 Å². The Kier molecular flexibility index (Phi) is 7.69. The normalized spacial score (nSPS) is 14.3. The van der Waals surface area contributed by atoms with Crippen molar-refractivity contribution in [1.29, 1.82) is 0 Å². The molecule has 0 radical (unpaired) electrons. The summed E-state index contributed by atoms with van der Waals surface area (Å²) in [5.74, 6) is -3.39. The molecule has 1 aromatic carbocycles. The number of carbonyl (C=O) groups is 4. The zero-order valence-electron chi connectivity index (χ0n) is 16.4. The van der Waals surface area contributed by atoms with Gasteiger partial charge in [-0.3, -0.25) is 14.9 Å². The number of amides is 1. The van der Waals surface area contributed by atoms with Crippen LogP contribution in [0, 0.1) is 0 Å². The summed E-state index contributed by atoms with van der Waals surface area (Å²) in [5, 5.41) is 11.2. The molecule has 0 saturated carbocycles. The van der Waals surface area contributed by atoms with E-state index in [0.717, 1.165) is 7.11 Å². The predicted octanol–water partition coefficient (Wildman–Crippen LogP) is 1.04. The van der Waals surface area contributed by atoms with Crippen molar-refractivity contribution in [3.8, 4) is 0 Å². The lowest BCUT2D eigenvalue weighted by atomic mass is 9.82. The van der Waals surface area contributed by atoms with E-state index in [0.29, 0.717) is 5.56 Å². The van der Waals surface area contributed by atoms with E-state index < -0.39 is 47.4 Å². The number of carboxylic acid groups (broad SMARTS) is 1. The van der Waals surface area contributed by atoms with Gasteiger partial charge in [-0.05, 0) is 26.3 Å². The van der Waals surface area contributed by atoms with E-state index in [9.17, 15) is 19.2 Å². The largest absolute Gasteiger partial charge is 0.481 e. The van der Waals surface area contributed by atoms with E-state index in [-0.39, 0.29) is 6.42 Å². The van der Waals surface area contributed by atoms with Gasteiger partial charge in [0.25, 0.3) is 0 Å². The van der Waals surface area contributed by atoms with Crippen molar-refractivity contribution in [3.63, 3.8) is 0 Å². The van der Waals surface area contributed by atoms with Crippen LogP contribution in [0.25, 0.3) is 0 Å². The molecule has 0 aromatic heterocycles. The summed E-state index contributed by atoms with van der Waals surface area (Å²) in [6.45, 7) is 4.84. The number of ketones is 1. The first kappa shape index (κ1) is 23.1. The molecule has 0 spiro atoms. The van der Waals surface area contributed by atoms with Crippen molar-refractivity contribution in [2.45, 2.75) is 50.8 Å². The molecule has 0 aliphatic carbocycles. The summed E-state index contributed by atoms with van der Waals surface area (Å²) < 4.78 is 9.93. The molecule has 0 unspecified atom stereocenters. The Morgan fingerprint density at radius 1 is 1.14 bits per heavy atom. The van der Waals surface area contributed by atoms with Crippen LogP contribution in [-0.2, 0) is 30.3 Å². The number of ether oxygens (including phenoxy) is 2. The Balaban J connectivity index is 3.40. The van der Waals surface area contributed by atoms with Crippen LogP contribution >= 0.6 is 0 Å². The van der Waals surface area contributed by atoms with E-state index in [1.807, 2.05) is 0 Å². The molecule has 0 heterocycles. The Labute approximate surface area is 163 Å². The van der Waals surface area contributed by atoms with Gasteiger partial charge in [0.15, 0.2) is 5.78 Å². The van der Waals surface area contributed by atoms with Crippen molar-refractivity contribution in [1.82, 2.24) is 5.32 Å². The second-order valence-electron chi connectivity index (χ2n) is 7.25. The fourth-order valence-electron chi connectivity index (χ4n) is 2.57. The molecule has 0 bridgehead atoms. The third-order valence-corrected chi connectivity index (χ3v) is 3.71. The van der Waals surface area contributed by atoms with Gasteiger partial charge < -0.3 is 20.3 Å². The van der Waals surface area contributed by atoms with Crippen LogP contribution in [0.1, 0.15) is 32.8 Å². The highest BCUT2D eigenvalue weighted by molar-refractivity contribution is 6.13. The Bertz CT molecular complexity index is 728. The van der Waals surface area contributed by atoms with Crippen molar-refractivity contribution in [2.75, 3.05) is 7.11 Å². The summed E-state index contributed by atoms with van der Waals surface area (Å²) in [6, 6.07) is 6.85. The van der Waals surface area contributed by atoms with Gasteiger partial charge in [0.05, 0.1) is 19.6 Å². The van der Waals surface area contributed by atoms with E-state index in [1.54, 1.807) is 51.1 Å². The monoisotopic (exact) mass is 394 g/mol. The molecule has 1 amide bonds. The lowest BCUT2D eigenvalue weighted by molar-refractivity contribution is -0.154. The van der Waals surface area contributed by atoms with Crippen molar-refractivity contribution < 1.29 is 33.8 Å². The van der Waals surface area contributed by atoms with Crippen LogP contribution in [0.5, 0.6) is 0 Å². The van der Waals surface area contributed by atoms with Crippen LogP contribution in [0.3, 0.4) is 0 Å². The number of rotatable bonds is 8. The average Bonchev–Trinajstić information content (AvgIpc) is 2.58. The van der Waals surface area contributed by atoms with Crippen LogP contribution in [0.2, 0.25) is 0 Å². The number of methoxy groups -OCH3 is 1. The second-order valence-corrected chi connectivity index (χ2v) is 7.25. The zero-order valence-corrected chi connectivity index (χ0v) is 16.4. The fourth-order valence-corrected chi connectivity index (χ4v) is 2.57. The predicted molar refractivity (Wildman–Crippen MR) is 99.5 cm³/mol. The lowest BCUT2D eigenvalue weighted by Crippen LogP contribution is -2.66. The standard InChI is InChI=1S/C19H26N2O7/c1-18(2,3)28-17(26)21-19(16(25)27-4,11-12-8-6-5-7-9-12)15(24)13(20)10-14(22)23/h5-9,13H,10-11,20H2,1-4H3,(H,21,26)(H,22,23)/t13-,19+/m0/s1. The van der Waals surface area contributed by atoms with E-state index in [2.05, 4.69) is 5.32 Å². The van der Waals surface area contributed by atoms with Crippen molar-refractivity contribution >= 4 is 23.8 Å². The maximum absolute atomic E-state index is 13.0. The summed E-state index contributed by atoms with van der Waals surface area (Å²) in [4.78, 5) is 49.1. The van der Waals surface area contributed by atoms with Gasteiger partial charge in [-0.25, -0.2) is 9.59 Å². The fraction of sp³-hybridized carbons (Fsp3) is 0.474. The van der Waals surface area contributed by atoms with Gasteiger partial charge in [0.2, 0.25) is 5.54 Å². The number of hydrogen-bond donors (Lipinski definition) is 3. The number of nitrogens with two attached hydrogens (primary N) is 1. The Morgan fingerprint density at radius 3 is 2.18 bits per heavy atom. The second kappa shape index (κ2) is 9.32. The quantitative estimate of drug-likeness (QED) is 0.438. The van der Waals surface area contributed by atoms with Gasteiger partial charge in [0, 0.05) is 6.42 Å². The number of benzene rings is 1. The molecule has 1 rings (SSSR count). The number of nitrogens with one attached hydrogen (secondary N) is 1. The molecule has 154 valence electrons. The lowest BCUT2D eigenvalue weighted by Gasteiger charge is -2.33. The maximum Gasteiger partial charge on any atom is 0.408 e. The van der Waals surface area contributed by atoms with Crippen LogP contribution in [0.4, 0.5) is 4.79 Å². The molecule has 2 atom stereocenters. The van der Waals surface area contributed by atoms with Crippen LogP contribution < -0.4 is 11.1 Å². The molecule has 9 nitrogen and oxygen atoms in total. The average molecular weight is 394 g/mol. The highest BCUT2D eigenvalue weighted by atomic mass is 16.6. The van der Waals surface area contributed by atoms with Gasteiger partial charge in [-0.2, -0.15) is 0 Å². The number of esters is 1. The molecule has 0 fully saturated rings. The Hall–Kier alpha value is -2.94. The SMILES string of the molecule is COC(=O)[C@](Cc1ccccc1)(NC(=O)OC(C)(C)C)C(=O)[C@@H](N)CC(=O)O. The van der Waals surface area contributed by atoms with Crippen molar-refractivity contribution in [3.05, 3.63) is 35.9 Å². The summed E-state index contributed by atoms with van der Waals surface area (Å²) in [6.07, 6.45) is -2.04. The number of alkyl carbamates (subject to hydrolysis) is 1. The first-order valence-corrected chi connectivity index (χ1v) is 8.56. The third-order valence-electron chi connectivity index (χ3n) is 3.71. The van der Waals surface area contributed by atoms with Gasteiger partial charge in [-0.1, -0.05) is 30.3 Å². The number of carboxylic acids is 1. The molecule has 0 saturated heterocycles. The highest BCUT2D eigenvalue weighted by Gasteiger charge is 2.51. The van der Waals surface area contributed by atoms with Crippen molar-refractivity contribution in [2.24, 2.45) is 5.73 Å². The molecular formula is C19H26N2O7. The Morgan fingerprint density at radius 2 is 1.71 bits per heavy atom. The first-order valence-electron chi connectivity index (χ1n) is 8.56. The molecule has 28 heavy (non-hydrogen) atoms. The molecule has 0 aliphatic heterocycles. The molecule has 1 aromatic rings. The number of carbonyl (C=O) groups excluding carboxylic acids is 3. The highest BCUT2D eigenvalue weighted by Crippen LogP contribution is 2.21. The van der Waals surface area contributed by atoms with Gasteiger partial charge >= 0.3 is 18.0 Å².